The number of rotatable bonds is 2. The van der Waals surface area contributed by atoms with E-state index in [2.05, 4.69) is 17.9 Å². The van der Waals surface area contributed by atoms with Crippen LogP contribution in [-0.4, -0.2) is 10.1 Å². The van der Waals surface area contributed by atoms with Crippen molar-refractivity contribution in [3.8, 4) is 0 Å². The summed E-state index contributed by atoms with van der Waals surface area (Å²) in [5, 5.41) is 21.3. The van der Waals surface area contributed by atoms with Crippen molar-refractivity contribution >= 4 is 18.3 Å². The number of nitrogens with zero attached hydrogens (tertiary/aromatic N) is 2. The van der Waals surface area contributed by atoms with Crippen molar-refractivity contribution in [3.63, 3.8) is 0 Å². The zero-order valence-electron chi connectivity index (χ0n) is 6.92. The Morgan fingerprint density at radius 1 is 1.38 bits per heavy atom. The maximum absolute atomic E-state index is 10.7. The summed E-state index contributed by atoms with van der Waals surface area (Å²) in [6.07, 6.45) is 0. The predicted octanol–water partition coefficient (Wildman–Crippen LogP) is 2.26. The van der Waals surface area contributed by atoms with Gasteiger partial charge in [-0.25, -0.2) is 0 Å². The fraction of sp³-hybridized carbons (Fsp3) is 0.143. The van der Waals surface area contributed by atoms with Gasteiger partial charge >= 0.3 is 0 Å². The van der Waals surface area contributed by atoms with Crippen molar-refractivity contribution < 1.29 is 10.1 Å². The fourth-order valence-electron chi connectivity index (χ4n) is 0.781. The molecule has 13 heavy (non-hydrogen) atoms. The molecule has 0 aliphatic carbocycles. The zero-order valence-corrected chi connectivity index (χ0v) is 7.82. The molecule has 1 aromatic rings. The van der Waals surface area contributed by atoms with Crippen molar-refractivity contribution in [2.45, 2.75) is 5.75 Å². The Bertz CT molecular complexity index is 286. The third kappa shape index (κ3) is 2.92. The fourth-order valence-corrected chi connectivity index (χ4v) is 0.991. The maximum atomic E-state index is 10.7. The van der Waals surface area contributed by atoms with Gasteiger partial charge in [-0.2, -0.15) is 12.6 Å². The number of hydrogen-bond acceptors (Lipinski definition) is 4. The first-order valence-electron chi connectivity index (χ1n) is 3.30. The van der Waals surface area contributed by atoms with Gasteiger partial charge in [-0.3, -0.25) is 0 Å². The molecule has 6 heteroatoms. The van der Waals surface area contributed by atoms with Gasteiger partial charge in [-0.1, -0.05) is 12.1 Å². The van der Waals surface area contributed by atoms with Crippen LogP contribution in [0.4, 0.5) is 5.69 Å². The summed E-state index contributed by atoms with van der Waals surface area (Å²) in [6.45, 7) is 0. The summed E-state index contributed by atoms with van der Waals surface area (Å²) in [7, 11) is 0. The molecule has 0 saturated carbocycles. The van der Waals surface area contributed by atoms with Crippen molar-refractivity contribution in [3.05, 3.63) is 35.0 Å². The molecule has 0 spiro atoms. The molecule has 0 bridgehead atoms. The molecule has 0 aliphatic rings. The van der Waals surface area contributed by atoms with Crippen molar-refractivity contribution in [2.75, 3.05) is 0 Å². The van der Waals surface area contributed by atoms with Gasteiger partial charge in [0.05, 0.1) is 0 Å². The van der Waals surface area contributed by atoms with Gasteiger partial charge in [-0.05, 0) is 10.4 Å². The van der Waals surface area contributed by atoms with Crippen LogP contribution in [0.5, 0.6) is 0 Å². The Labute approximate surface area is 81.2 Å². The molecule has 0 fully saturated rings. The van der Waals surface area contributed by atoms with Crippen LogP contribution < -0.4 is 6.15 Å². The molecule has 72 valence electrons. The average molecular weight is 201 g/mol. The quantitative estimate of drug-likeness (QED) is 0.296. The molecule has 0 radical (unpaired) electrons. The molecular formula is C7H11N3O2S. The highest BCUT2D eigenvalue weighted by Gasteiger charge is 2.01. The molecule has 0 aromatic heterocycles. The lowest BCUT2D eigenvalue weighted by atomic mass is 10.2. The third-order valence-corrected chi connectivity index (χ3v) is 1.79. The Morgan fingerprint density at radius 3 is 2.31 bits per heavy atom. The monoisotopic (exact) mass is 201 g/mol. The Hall–Kier alpha value is -1.27. The largest absolute Gasteiger partial charge is 0.592 e. The Balaban J connectivity index is 0.00000144. The zero-order chi connectivity index (χ0) is 8.97. The summed E-state index contributed by atoms with van der Waals surface area (Å²) in [4.78, 5) is 0.141. The summed E-state index contributed by atoms with van der Waals surface area (Å²) in [5.41, 5.74) is 1.30. The van der Waals surface area contributed by atoms with E-state index in [0.717, 1.165) is 5.56 Å². The van der Waals surface area contributed by atoms with Crippen LogP contribution in [0, 0.1) is 5.21 Å². The minimum atomic E-state index is 0. The SMILES string of the molecule is N.[O-][N+](=NO)c1ccc(CS)cc1. The van der Waals surface area contributed by atoms with E-state index in [-0.39, 0.29) is 11.0 Å². The molecule has 1 aromatic carbocycles. The van der Waals surface area contributed by atoms with E-state index in [1.165, 1.54) is 0 Å². The average Bonchev–Trinajstić information content (AvgIpc) is 2.17. The van der Waals surface area contributed by atoms with Crippen molar-refractivity contribution in [1.29, 1.82) is 0 Å². The first-order valence-corrected chi connectivity index (χ1v) is 3.93. The van der Waals surface area contributed by atoms with Crippen LogP contribution in [-0.2, 0) is 5.75 Å². The second-order valence-corrected chi connectivity index (χ2v) is 2.50. The minimum Gasteiger partial charge on any atom is -0.592 e. The Morgan fingerprint density at radius 2 is 1.92 bits per heavy atom. The van der Waals surface area contributed by atoms with Gasteiger partial charge in [-0.15, -0.1) is 0 Å². The second-order valence-electron chi connectivity index (χ2n) is 2.19. The van der Waals surface area contributed by atoms with Gasteiger partial charge in [0, 0.05) is 17.9 Å². The summed E-state index contributed by atoms with van der Waals surface area (Å²) in [6, 6.07) is 6.63. The summed E-state index contributed by atoms with van der Waals surface area (Å²) >= 11 is 4.05. The first-order chi connectivity index (χ1) is 5.77. The molecule has 4 N–H and O–H groups in total. The van der Waals surface area contributed by atoms with Crippen LogP contribution in [0.25, 0.3) is 0 Å². The molecule has 0 saturated heterocycles. The van der Waals surface area contributed by atoms with Crippen LogP contribution in [0.1, 0.15) is 5.56 Å². The van der Waals surface area contributed by atoms with Crippen LogP contribution >= 0.6 is 12.6 Å². The lowest BCUT2D eigenvalue weighted by Gasteiger charge is -1.97. The molecule has 0 aliphatic heterocycles. The van der Waals surface area contributed by atoms with Gasteiger partial charge in [0.2, 0.25) is 11.0 Å². The van der Waals surface area contributed by atoms with E-state index in [4.69, 9.17) is 5.21 Å². The topological polar surface area (TPSA) is 93.7 Å². The highest BCUT2D eigenvalue weighted by Crippen LogP contribution is 2.13. The highest BCUT2D eigenvalue weighted by molar-refractivity contribution is 7.79. The van der Waals surface area contributed by atoms with E-state index < -0.39 is 0 Å². The van der Waals surface area contributed by atoms with Crippen LogP contribution in [0.3, 0.4) is 0 Å². The Kier molecular flexibility index (Phi) is 4.86. The van der Waals surface area contributed by atoms with E-state index in [1.54, 1.807) is 24.3 Å². The van der Waals surface area contributed by atoms with Crippen LogP contribution in [0.2, 0.25) is 0 Å². The van der Waals surface area contributed by atoms with Crippen molar-refractivity contribution in [2.24, 2.45) is 5.28 Å². The first kappa shape index (κ1) is 11.7. The molecule has 5 nitrogen and oxygen atoms in total. The standard InChI is InChI=1S/C7H8N2O2S.H3N/c10-8-9(11)7-3-1-6(5-12)2-4-7;/h1-4,10,12H,5H2;1H3. The summed E-state index contributed by atoms with van der Waals surface area (Å²) in [5.74, 6) is 0.620. The second kappa shape index (κ2) is 5.39. The van der Waals surface area contributed by atoms with E-state index in [9.17, 15) is 5.21 Å². The lowest BCUT2D eigenvalue weighted by Crippen LogP contribution is -1.90. The van der Waals surface area contributed by atoms with Gasteiger partial charge < -0.3 is 16.6 Å². The van der Waals surface area contributed by atoms with Gasteiger partial charge in [0.1, 0.15) is 0 Å². The summed E-state index contributed by atoms with van der Waals surface area (Å²) < 4.78 is 0. The maximum Gasteiger partial charge on any atom is 0.248 e. The third-order valence-electron chi connectivity index (χ3n) is 1.42. The van der Waals surface area contributed by atoms with E-state index in [0.29, 0.717) is 11.4 Å². The van der Waals surface area contributed by atoms with Gasteiger partial charge in [0.15, 0.2) is 0 Å². The number of thiol groups is 1. The molecule has 0 unspecified atom stereocenters. The molecular weight excluding hydrogens is 190 g/mol. The van der Waals surface area contributed by atoms with E-state index >= 15 is 0 Å². The highest BCUT2D eigenvalue weighted by atomic mass is 32.1. The van der Waals surface area contributed by atoms with Gasteiger partial charge in [0.25, 0.3) is 0 Å². The lowest BCUT2D eigenvalue weighted by molar-refractivity contribution is -0.473. The van der Waals surface area contributed by atoms with Crippen LogP contribution in [0.15, 0.2) is 29.5 Å². The smallest absolute Gasteiger partial charge is 0.248 e. The molecule has 0 atom stereocenters. The number of hydrogen-bond donors (Lipinski definition) is 3. The van der Waals surface area contributed by atoms with Crippen molar-refractivity contribution in [1.82, 2.24) is 6.15 Å². The van der Waals surface area contributed by atoms with E-state index in [1.807, 2.05) is 0 Å². The molecule has 0 amide bonds. The normalized spacial score (nSPS) is 10.7. The number of benzene rings is 1. The molecule has 1 rings (SSSR count). The molecule has 0 heterocycles. The predicted molar refractivity (Wildman–Crippen MR) is 51.7 cm³/mol. The minimum absolute atomic E-state index is 0.